The molecule has 78 valence electrons. The number of nitrogens with zero attached hydrogens (tertiary/aromatic N) is 1. The normalized spacial score (nSPS) is 20.3. The van der Waals surface area contributed by atoms with Crippen molar-refractivity contribution in [3.05, 3.63) is 0 Å². The van der Waals surface area contributed by atoms with Crippen molar-refractivity contribution in [2.75, 3.05) is 26.7 Å². The molecule has 1 unspecified atom stereocenters. The summed E-state index contributed by atoms with van der Waals surface area (Å²) in [4.78, 5) is 2.38. The van der Waals surface area contributed by atoms with Crippen LogP contribution >= 0.6 is 0 Å². The third kappa shape index (κ3) is 3.65. The Morgan fingerprint density at radius 1 is 1.46 bits per heavy atom. The number of rotatable bonds is 6. The zero-order valence-corrected chi connectivity index (χ0v) is 9.00. The highest BCUT2D eigenvalue weighted by molar-refractivity contribution is 4.73. The van der Waals surface area contributed by atoms with Crippen LogP contribution in [0.15, 0.2) is 0 Å². The monoisotopic (exact) mass is 185 g/mol. The lowest BCUT2D eigenvalue weighted by Gasteiger charge is -2.31. The molecule has 1 fully saturated rings. The molecule has 0 aromatic rings. The molecule has 2 nitrogen and oxygen atoms in total. The van der Waals surface area contributed by atoms with Gasteiger partial charge in [-0.05, 0) is 38.1 Å². The summed E-state index contributed by atoms with van der Waals surface area (Å²) in [5.41, 5.74) is 0. The van der Waals surface area contributed by atoms with Gasteiger partial charge in [0.2, 0.25) is 0 Å². The minimum Gasteiger partial charge on any atom is -0.396 e. The zero-order chi connectivity index (χ0) is 9.68. The van der Waals surface area contributed by atoms with Crippen molar-refractivity contribution in [1.82, 2.24) is 4.90 Å². The minimum atomic E-state index is 0.339. The summed E-state index contributed by atoms with van der Waals surface area (Å²) >= 11 is 0. The SMILES string of the molecule is CCC(CO)CN(C)CC1CCC1. The Labute approximate surface area is 81.9 Å². The number of hydrogen-bond acceptors (Lipinski definition) is 2. The van der Waals surface area contributed by atoms with E-state index in [4.69, 9.17) is 5.11 Å². The fraction of sp³-hybridized carbons (Fsp3) is 1.00. The average molecular weight is 185 g/mol. The molecule has 1 saturated carbocycles. The van der Waals surface area contributed by atoms with Gasteiger partial charge in [0, 0.05) is 19.7 Å². The first-order valence-electron chi connectivity index (χ1n) is 5.55. The quantitative estimate of drug-likeness (QED) is 0.681. The van der Waals surface area contributed by atoms with Crippen LogP contribution in [-0.2, 0) is 0 Å². The summed E-state index contributed by atoms with van der Waals surface area (Å²) in [6, 6.07) is 0. The third-order valence-electron chi connectivity index (χ3n) is 3.20. The molecule has 1 N–H and O–H groups in total. The molecular weight excluding hydrogens is 162 g/mol. The van der Waals surface area contributed by atoms with E-state index in [2.05, 4.69) is 18.9 Å². The van der Waals surface area contributed by atoms with Crippen LogP contribution in [0.4, 0.5) is 0 Å². The predicted molar refractivity (Wildman–Crippen MR) is 55.7 cm³/mol. The molecule has 0 spiro atoms. The van der Waals surface area contributed by atoms with Gasteiger partial charge in [0.25, 0.3) is 0 Å². The molecule has 1 rings (SSSR count). The maximum Gasteiger partial charge on any atom is 0.0471 e. The first kappa shape index (κ1) is 11.0. The van der Waals surface area contributed by atoms with E-state index in [0.29, 0.717) is 12.5 Å². The van der Waals surface area contributed by atoms with Gasteiger partial charge in [-0.2, -0.15) is 0 Å². The average Bonchev–Trinajstić information content (AvgIpc) is 2.07. The van der Waals surface area contributed by atoms with Gasteiger partial charge in [0.1, 0.15) is 0 Å². The minimum absolute atomic E-state index is 0.339. The van der Waals surface area contributed by atoms with E-state index in [1.54, 1.807) is 0 Å². The van der Waals surface area contributed by atoms with E-state index in [0.717, 1.165) is 18.9 Å². The van der Waals surface area contributed by atoms with E-state index in [1.807, 2.05) is 0 Å². The second-order valence-electron chi connectivity index (χ2n) is 4.47. The van der Waals surface area contributed by atoms with Crippen LogP contribution in [-0.4, -0.2) is 36.8 Å². The van der Waals surface area contributed by atoms with Crippen molar-refractivity contribution >= 4 is 0 Å². The summed E-state index contributed by atoms with van der Waals surface area (Å²) in [5, 5.41) is 9.05. The summed E-state index contributed by atoms with van der Waals surface area (Å²) in [7, 11) is 2.18. The third-order valence-corrected chi connectivity index (χ3v) is 3.20. The highest BCUT2D eigenvalue weighted by Gasteiger charge is 2.19. The molecular formula is C11H23NO. The van der Waals surface area contributed by atoms with Crippen LogP contribution < -0.4 is 0 Å². The molecule has 0 bridgehead atoms. The lowest BCUT2D eigenvalue weighted by molar-refractivity contribution is 0.146. The van der Waals surface area contributed by atoms with Gasteiger partial charge in [0.05, 0.1) is 0 Å². The number of hydrogen-bond donors (Lipinski definition) is 1. The highest BCUT2D eigenvalue weighted by atomic mass is 16.3. The van der Waals surface area contributed by atoms with Crippen LogP contribution in [0.1, 0.15) is 32.6 Å². The molecule has 13 heavy (non-hydrogen) atoms. The van der Waals surface area contributed by atoms with Gasteiger partial charge in [-0.15, -0.1) is 0 Å². The first-order chi connectivity index (χ1) is 6.26. The Morgan fingerprint density at radius 2 is 2.15 bits per heavy atom. The lowest BCUT2D eigenvalue weighted by Crippen LogP contribution is -2.33. The maximum absolute atomic E-state index is 9.05. The molecule has 0 aliphatic heterocycles. The smallest absolute Gasteiger partial charge is 0.0471 e. The Morgan fingerprint density at radius 3 is 2.54 bits per heavy atom. The van der Waals surface area contributed by atoms with E-state index in [-0.39, 0.29) is 0 Å². The standard InChI is InChI=1S/C11H23NO/c1-3-10(9-13)7-12(2)8-11-5-4-6-11/h10-11,13H,3-9H2,1-2H3. The van der Waals surface area contributed by atoms with Gasteiger partial charge in [-0.1, -0.05) is 13.3 Å². The molecule has 0 radical (unpaired) electrons. The van der Waals surface area contributed by atoms with Crippen molar-refractivity contribution in [2.45, 2.75) is 32.6 Å². The van der Waals surface area contributed by atoms with Crippen molar-refractivity contribution in [2.24, 2.45) is 11.8 Å². The lowest BCUT2D eigenvalue weighted by atomic mass is 9.85. The Bertz CT molecular complexity index is 130. The van der Waals surface area contributed by atoms with Crippen molar-refractivity contribution in [3.8, 4) is 0 Å². The van der Waals surface area contributed by atoms with Crippen molar-refractivity contribution < 1.29 is 5.11 Å². The van der Waals surface area contributed by atoms with Crippen LogP contribution in [0.3, 0.4) is 0 Å². The second kappa shape index (κ2) is 5.61. The summed E-state index contributed by atoms with van der Waals surface area (Å²) in [5.74, 6) is 1.42. The molecule has 1 aliphatic rings. The molecule has 0 aromatic carbocycles. The first-order valence-corrected chi connectivity index (χ1v) is 5.55. The van der Waals surface area contributed by atoms with Crippen LogP contribution in [0.2, 0.25) is 0 Å². The highest BCUT2D eigenvalue weighted by Crippen LogP contribution is 2.26. The number of aliphatic hydroxyl groups is 1. The summed E-state index contributed by atoms with van der Waals surface area (Å²) in [6.07, 6.45) is 5.35. The zero-order valence-electron chi connectivity index (χ0n) is 9.00. The molecule has 0 amide bonds. The second-order valence-corrected chi connectivity index (χ2v) is 4.47. The predicted octanol–water partition coefficient (Wildman–Crippen LogP) is 1.74. The Balaban J connectivity index is 2.10. The van der Waals surface area contributed by atoms with E-state index < -0.39 is 0 Å². The Hall–Kier alpha value is -0.0800. The van der Waals surface area contributed by atoms with E-state index in [9.17, 15) is 0 Å². The molecule has 0 heterocycles. The fourth-order valence-electron chi connectivity index (χ4n) is 1.95. The molecule has 0 saturated heterocycles. The van der Waals surface area contributed by atoms with Gasteiger partial charge < -0.3 is 10.0 Å². The van der Waals surface area contributed by atoms with Crippen LogP contribution in [0, 0.1) is 11.8 Å². The molecule has 0 aromatic heterocycles. The molecule has 1 aliphatic carbocycles. The molecule has 2 heteroatoms. The van der Waals surface area contributed by atoms with Crippen molar-refractivity contribution in [1.29, 1.82) is 0 Å². The topological polar surface area (TPSA) is 23.5 Å². The van der Waals surface area contributed by atoms with Gasteiger partial charge in [-0.25, -0.2) is 0 Å². The molecule has 1 atom stereocenters. The summed E-state index contributed by atoms with van der Waals surface area (Å²) < 4.78 is 0. The van der Waals surface area contributed by atoms with Crippen LogP contribution in [0.5, 0.6) is 0 Å². The maximum atomic E-state index is 9.05. The van der Waals surface area contributed by atoms with Crippen LogP contribution in [0.25, 0.3) is 0 Å². The number of aliphatic hydroxyl groups excluding tert-OH is 1. The van der Waals surface area contributed by atoms with Gasteiger partial charge in [0.15, 0.2) is 0 Å². The van der Waals surface area contributed by atoms with E-state index >= 15 is 0 Å². The van der Waals surface area contributed by atoms with Crippen molar-refractivity contribution in [3.63, 3.8) is 0 Å². The van der Waals surface area contributed by atoms with Gasteiger partial charge >= 0.3 is 0 Å². The largest absolute Gasteiger partial charge is 0.396 e. The summed E-state index contributed by atoms with van der Waals surface area (Å²) in [6.45, 7) is 4.78. The Kier molecular flexibility index (Phi) is 4.74. The van der Waals surface area contributed by atoms with E-state index in [1.165, 1.54) is 25.8 Å². The van der Waals surface area contributed by atoms with Gasteiger partial charge in [-0.3, -0.25) is 0 Å². The fourth-order valence-corrected chi connectivity index (χ4v) is 1.95.